The van der Waals surface area contributed by atoms with Crippen LogP contribution in [0.4, 0.5) is 18.2 Å². The van der Waals surface area contributed by atoms with Crippen molar-refractivity contribution in [3.8, 4) is 0 Å². The molecule has 2 aromatic rings. The minimum atomic E-state index is -4.59. The maximum atomic E-state index is 12.9. The van der Waals surface area contributed by atoms with Crippen LogP contribution in [0, 0.1) is 12.8 Å². The highest BCUT2D eigenvalue weighted by Crippen LogP contribution is 2.40. The van der Waals surface area contributed by atoms with Crippen LogP contribution in [-0.2, 0) is 30.3 Å². The second kappa shape index (κ2) is 9.96. The lowest BCUT2D eigenvalue weighted by Crippen LogP contribution is -2.30. The molecular formula is C20H24ClF3N4O2S2. The van der Waals surface area contributed by atoms with Gasteiger partial charge in [-0.3, -0.25) is 4.68 Å². The molecule has 2 heterocycles. The Kier molecular flexibility index (Phi) is 7.72. The van der Waals surface area contributed by atoms with E-state index in [1.807, 2.05) is 0 Å². The molecule has 0 fully saturated rings. The van der Waals surface area contributed by atoms with Gasteiger partial charge >= 0.3 is 12.1 Å². The van der Waals surface area contributed by atoms with Gasteiger partial charge in [0.15, 0.2) is 10.8 Å². The average molecular weight is 509 g/mol. The minimum absolute atomic E-state index is 0.246. The Bertz CT molecular complexity index is 1020. The minimum Gasteiger partial charge on any atom is -0.465 e. The number of thiocarbonyl (C=S) groups is 1. The molecule has 0 amide bonds. The van der Waals surface area contributed by atoms with Crippen molar-refractivity contribution >= 4 is 51.2 Å². The standard InChI is InChI=1S/C20H24ClF3N4O2S2/c1-10-5-6-12-13(9-10)32-17(14(12)18(29)30-3)26-19(31)25-7-4-8-28-11(2)15(21)16(27-28)20(22,23)24/h10H,4-9H2,1-3H3,(H2,25,26,31). The van der Waals surface area contributed by atoms with E-state index >= 15 is 0 Å². The number of anilines is 1. The van der Waals surface area contributed by atoms with Crippen LogP contribution in [-0.4, -0.2) is 34.5 Å². The fraction of sp³-hybridized carbons (Fsp3) is 0.550. The first-order valence-corrected chi connectivity index (χ1v) is 11.7. The number of rotatable bonds is 6. The summed E-state index contributed by atoms with van der Waals surface area (Å²) in [7, 11) is 1.35. The first kappa shape index (κ1) is 24.8. The number of hydrogen-bond donors (Lipinski definition) is 2. The Morgan fingerprint density at radius 1 is 1.44 bits per heavy atom. The molecule has 3 rings (SSSR count). The van der Waals surface area contributed by atoms with Crippen LogP contribution in [0.2, 0.25) is 5.02 Å². The smallest absolute Gasteiger partial charge is 0.436 e. The van der Waals surface area contributed by atoms with Crippen LogP contribution in [0.3, 0.4) is 0 Å². The molecule has 0 bridgehead atoms. The zero-order valence-corrected chi connectivity index (χ0v) is 20.2. The number of fused-ring (bicyclic) bond motifs is 1. The number of methoxy groups -OCH3 is 1. The molecule has 0 radical (unpaired) electrons. The Morgan fingerprint density at radius 2 is 2.16 bits per heavy atom. The molecule has 0 saturated carbocycles. The van der Waals surface area contributed by atoms with Crippen molar-refractivity contribution in [1.29, 1.82) is 0 Å². The molecule has 1 aliphatic carbocycles. The van der Waals surface area contributed by atoms with Gasteiger partial charge in [0.2, 0.25) is 0 Å². The van der Waals surface area contributed by atoms with E-state index in [1.165, 1.54) is 34.9 Å². The molecule has 1 aliphatic rings. The van der Waals surface area contributed by atoms with Crippen molar-refractivity contribution in [2.45, 2.75) is 52.3 Å². The summed E-state index contributed by atoms with van der Waals surface area (Å²) < 4.78 is 45.0. The Morgan fingerprint density at radius 3 is 2.78 bits per heavy atom. The summed E-state index contributed by atoms with van der Waals surface area (Å²) in [5, 5.41) is 10.3. The van der Waals surface area contributed by atoms with Crippen molar-refractivity contribution in [1.82, 2.24) is 15.1 Å². The summed E-state index contributed by atoms with van der Waals surface area (Å²) in [6, 6.07) is 0. The molecule has 2 aromatic heterocycles. The molecule has 12 heteroatoms. The number of carbonyl (C=O) groups is 1. The molecule has 0 spiro atoms. The first-order chi connectivity index (χ1) is 15.0. The molecule has 176 valence electrons. The van der Waals surface area contributed by atoms with Crippen molar-refractivity contribution in [2.75, 3.05) is 19.0 Å². The van der Waals surface area contributed by atoms with Crippen molar-refractivity contribution in [3.05, 3.63) is 32.4 Å². The Balaban J connectivity index is 1.59. The van der Waals surface area contributed by atoms with Crippen LogP contribution in [0.25, 0.3) is 0 Å². The quantitative estimate of drug-likeness (QED) is 0.317. The normalized spacial score (nSPS) is 15.9. The number of esters is 1. The zero-order chi connectivity index (χ0) is 23.6. The topological polar surface area (TPSA) is 68.2 Å². The molecule has 1 atom stereocenters. The SMILES string of the molecule is COC(=O)c1c(NC(=S)NCCCn2nc(C(F)(F)F)c(Cl)c2C)sc2c1CCC(C)C2. The van der Waals surface area contributed by atoms with Crippen LogP contribution in [0.5, 0.6) is 0 Å². The summed E-state index contributed by atoms with van der Waals surface area (Å²) in [5.41, 5.74) is 0.746. The van der Waals surface area contributed by atoms with Crippen LogP contribution >= 0.6 is 35.2 Å². The van der Waals surface area contributed by atoms with Gasteiger partial charge in [-0.05, 0) is 56.3 Å². The van der Waals surface area contributed by atoms with E-state index in [-0.39, 0.29) is 17.3 Å². The summed E-state index contributed by atoms with van der Waals surface area (Å²) in [4.78, 5) is 13.5. The van der Waals surface area contributed by atoms with Crippen molar-refractivity contribution in [2.24, 2.45) is 5.92 Å². The van der Waals surface area contributed by atoms with E-state index in [1.54, 1.807) is 0 Å². The number of aromatic nitrogens is 2. The predicted molar refractivity (Wildman–Crippen MR) is 123 cm³/mol. The van der Waals surface area contributed by atoms with Crippen LogP contribution < -0.4 is 10.6 Å². The van der Waals surface area contributed by atoms with Crippen molar-refractivity contribution in [3.63, 3.8) is 0 Å². The highest BCUT2D eigenvalue weighted by atomic mass is 35.5. The van der Waals surface area contributed by atoms with Gasteiger partial charge < -0.3 is 15.4 Å². The second-order valence-electron chi connectivity index (χ2n) is 7.75. The summed E-state index contributed by atoms with van der Waals surface area (Å²) in [6.07, 6.45) is -1.36. The number of nitrogens with one attached hydrogen (secondary N) is 2. The van der Waals surface area contributed by atoms with E-state index in [9.17, 15) is 18.0 Å². The Labute approximate surface area is 198 Å². The fourth-order valence-electron chi connectivity index (χ4n) is 3.66. The van der Waals surface area contributed by atoms with E-state index in [0.717, 1.165) is 24.8 Å². The molecule has 0 aliphatic heterocycles. The van der Waals surface area contributed by atoms with Gasteiger partial charge in [-0.25, -0.2) is 4.79 Å². The molecule has 2 N–H and O–H groups in total. The monoisotopic (exact) mass is 508 g/mol. The van der Waals surface area contributed by atoms with Crippen LogP contribution in [0.15, 0.2) is 0 Å². The summed E-state index contributed by atoms with van der Waals surface area (Å²) >= 11 is 12.6. The second-order valence-corrected chi connectivity index (χ2v) is 9.64. The van der Waals surface area contributed by atoms with E-state index in [4.69, 9.17) is 28.6 Å². The number of thiophene rings is 1. The third-order valence-corrected chi connectivity index (χ3v) is 7.23. The maximum absolute atomic E-state index is 12.9. The predicted octanol–water partition coefficient (Wildman–Crippen LogP) is 5.21. The number of aryl methyl sites for hydroxylation is 1. The third kappa shape index (κ3) is 5.37. The summed E-state index contributed by atoms with van der Waals surface area (Å²) in [6.45, 7) is 4.33. The maximum Gasteiger partial charge on any atom is 0.436 e. The zero-order valence-electron chi connectivity index (χ0n) is 17.9. The summed E-state index contributed by atoms with van der Waals surface area (Å²) in [5.74, 6) is 0.163. The lowest BCUT2D eigenvalue weighted by atomic mass is 9.88. The number of nitrogens with zero attached hydrogens (tertiary/aromatic N) is 2. The average Bonchev–Trinajstić information content (AvgIpc) is 3.21. The van der Waals surface area contributed by atoms with E-state index in [0.29, 0.717) is 34.6 Å². The number of hydrogen-bond acceptors (Lipinski definition) is 5. The van der Waals surface area contributed by atoms with E-state index in [2.05, 4.69) is 22.7 Å². The molecular weight excluding hydrogens is 485 g/mol. The lowest BCUT2D eigenvalue weighted by Gasteiger charge is -2.18. The van der Waals surface area contributed by atoms with Gasteiger partial charge in [-0.2, -0.15) is 18.3 Å². The van der Waals surface area contributed by atoms with Gasteiger partial charge in [0.25, 0.3) is 0 Å². The molecule has 1 unspecified atom stereocenters. The molecule has 6 nitrogen and oxygen atoms in total. The fourth-order valence-corrected chi connectivity index (χ4v) is 5.57. The van der Waals surface area contributed by atoms with Crippen LogP contribution in [0.1, 0.15) is 52.0 Å². The van der Waals surface area contributed by atoms with Gasteiger partial charge in [0, 0.05) is 18.0 Å². The number of carbonyl (C=O) groups excluding carboxylic acids is 1. The lowest BCUT2D eigenvalue weighted by molar-refractivity contribution is -0.141. The van der Waals surface area contributed by atoms with Gasteiger partial charge in [-0.15, -0.1) is 11.3 Å². The van der Waals surface area contributed by atoms with Gasteiger partial charge in [0.05, 0.1) is 23.4 Å². The van der Waals surface area contributed by atoms with Gasteiger partial charge in [0.1, 0.15) is 5.00 Å². The van der Waals surface area contributed by atoms with E-state index < -0.39 is 17.8 Å². The molecule has 0 saturated heterocycles. The molecule has 0 aromatic carbocycles. The highest BCUT2D eigenvalue weighted by molar-refractivity contribution is 7.80. The Hall–Kier alpha value is -1.85. The first-order valence-electron chi connectivity index (χ1n) is 10.1. The molecule has 32 heavy (non-hydrogen) atoms. The highest BCUT2D eigenvalue weighted by Gasteiger charge is 2.38. The number of halogens is 4. The number of ether oxygens (including phenoxy) is 1. The number of alkyl halides is 3. The third-order valence-electron chi connectivity index (χ3n) is 5.36. The van der Waals surface area contributed by atoms with Crippen molar-refractivity contribution < 1.29 is 22.7 Å². The largest absolute Gasteiger partial charge is 0.465 e. The van der Waals surface area contributed by atoms with Gasteiger partial charge in [-0.1, -0.05) is 18.5 Å².